The third-order valence-corrected chi connectivity index (χ3v) is 2.46. The molecule has 1 aliphatic rings. The van der Waals surface area contributed by atoms with Gasteiger partial charge < -0.3 is 14.8 Å². The quantitative estimate of drug-likeness (QED) is 0.797. The van der Waals surface area contributed by atoms with Crippen molar-refractivity contribution >= 4 is 11.9 Å². The fourth-order valence-electron chi connectivity index (χ4n) is 1.43. The smallest absolute Gasteiger partial charge is 0.408 e. The highest BCUT2D eigenvalue weighted by atomic mass is 16.6. The van der Waals surface area contributed by atoms with Crippen LogP contribution in [0.3, 0.4) is 0 Å². The molecule has 0 aliphatic heterocycles. The number of rotatable bonds is 5. The molecular formula is C12H21NO4. The lowest BCUT2D eigenvalue weighted by Crippen LogP contribution is -2.46. The van der Waals surface area contributed by atoms with Gasteiger partial charge in [0.15, 0.2) is 5.78 Å². The number of hydrogen-bond donors (Lipinski definition) is 1. The van der Waals surface area contributed by atoms with E-state index in [1.54, 1.807) is 20.8 Å². The summed E-state index contributed by atoms with van der Waals surface area (Å²) in [5.41, 5.74) is -1.29. The first-order valence-electron chi connectivity index (χ1n) is 5.91. The van der Waals surface area contributed by atoms with Crippen LogP contribution in [0.15, 0.2) is 0 Å². The zero-order valence-electron chi connectivity index (χ0n) is 11.0. The summed E-state index contributed by atoms with van der Waals surface area (Å²) < 4.78 is 10.2. The summed E-state index contributed by atoms with van der Waals surface area (Å²) in [6, 6.07) is 0. The van der Waals surface area contributed by atoms with Gasteiger partial charge in [0, 0.05) is 6.61 Å². The van der Waals surface area contributed by atoms with E-state index in [9.17, 15) is 9.59 Å². The standard InChI is InChI=1S/C12H21NO4/c1-5-16-8-9(14)12(6-7-12)13-10(15)17-11(2,3)4/h5-8H2,1-4H3,(H,13,15). The maximum absolute atomic E-state index is 11.8. The van der Waals surface area contributed by atoms with Crippen LogP contribution in [0.2, 0.25) is 0 Å². The Bertz CT molecular complexity index is 302. The van der Waals surface area contributed by atoms with Crippen LogP contribution >= 0.6 is 0 Å². The molecule has 5 nitrogen and oxygen atoms in total. The van der Waals surface area contributed by atoms with Gasteiger partial charge in [0.2, 0.25) is 0 Å². The number of nitrogens with one attached hydrogen (secondary N) is 1. The van der Waals surface area contributed by atoms with Crippen LogP contribution in [0, 0.1) is 0 Å². The van der Waals surface area contributed by atoms with Crippen molar-refractivity contribution in [2.45, 2.75) is 51.7 Å². The molecule has 0 unspecified atom stereocenters. The number of ketones is 1. The van der Waals surface area contributed by atoms with Crippen molar-refractivity contribution in [1.29, 1.82) is 0 Å². The van der Waals surface area contributed by atoms with Crippen molar-refractivity contribution in [3.63, 3.8) is 0 Å². The molecule has 0 spiro atoms. The maximum Gasteiger partial charge on any atom is 0.408 e. The predicted molar refractivity (Wildman–Crippen MR) is 62.8 cm³/mol. The molecule has 98 valence electrons. The minimum atomic E-state index is -0.739. The van der Waals surface area contributed by atoms with Crippen LogP contribution in [-0.2, 0) is 14.3 Å². The van der Waals surface area contributed by atoms with E-state index in [1.807, 2.05) is 6.92 Å². The molecule has 0 bridgehead atoms. The third kappa shape index (κ3) is 4.34. The Hall–Kier alpha value is -1.10. The van der Waals surface area contributed by atoms with Crippen LogP contribution in [0.25, 0.3) is 0 Å². The van der Waals surface area contributed by atoms with E-state index in [2.05, 4.69) is 5.32 Å². The minimum absolute atomic E-state index is 0.0479. The van der Waals surface area contributed by atoms with Crippen LogP contribution in [0.4, 0.5) is 4.79 Å². The van der Waals surface area contributed by atoms with Crippen molar-refractivity contribution in [3.8, 4) is 0 Å². The van der Waals surface area contributed by atoms with Crippen LogP contribution < -0.4 is 5.32 Å². The van der Waals surface area contributed by atoms with Gasteiger partial charge in [-0.25, -0.2) is 4.79 Å². The summed E-state index contributed by atoms with van der Waals surface area (Å²) >= 11 is 0. The number of ether oxygens (including phenoxy) is 2. The number of amides is 1. The summed E-state index contributed by atoms with van der Waals surface area (Å²) in [7, 11) is 0. The van der Waals surface area contributed by atoms with E-state index in [1.165, 1.54) is 0 Å². The lowest BCUT2D eigenvalue weighted by Gasteiger charge is -2.22. The summed E-state index contributed by atoms with van der Waals surface area (Å²) in [5.74, 6) is -0.0785. The normalized spacial score (nSPS) is 17.4. The van der Waals surface area contributed by atoms with Gasteiger partial charge >= 0.3 is 6.09 Å². The Morgan fingerprint density at radius 2 is 1.88 bits per heavy atom. The van der Waals surface area contributed by atoms with E-state index in [-0.39, 0.29) is 12.4 Å². The van der Waals surface area contributed by atoms with E-state index in [4.69, 9.17) is 9.47 Å². The van der Waals surface area contributed by atoms with Crippen molar-refractivity contribution < 1.29 is 19.1 Å². The first-order chi connectivity index (χ1) is 7.79. The highest BCUT2D eigenvalue weighted by molar-refractivity contribution is 5.95. The molecule has 0 aromatic rings. The minimum Gasteiger partial charge on any atom is -0.444 e. The largest absolute Gasteiger partial charge is 0.444 e. The summed E-state index contributed by atoms with van der Waals surface area (Å²) in [4.78, 5) is 23.4. The molecule has 0 atom stereocenters. The zero-order chi connectivity index (χ0) is 13.1. The Morgan fingerprint density at radius 3 is 2.29 bits per heavy atom. The molecule has 5 heteroatoms. The van der Waals surface area contributed by atoms with Crippen LogP contribution in [-0.4, -0.2) is 36.2 Å². The number of Topliss-reactive ketones (excluding diaryl/α,β-unsaturated/α-hetero) is 1. The SMILES string of the molecule is CCOCC(=O)C1(NC(=O)OC(C)(C)C)CC1. The predicted octanol–water partition coefficient (Wildman–Crippen LogP) is 1.65. The average Bonchev–Trinajstić information content (AvgIpc) is 2.91. The van der Waals surface area contributed by atoms with E-state index >= 15 is 0 Å². The molecule has 1 saturated carbocycles. The fourth-order valence-corrected chi connectivity index (χ4v) is 1.43. The highest BCUT2D eigenvalue weighted by Gasteiger charge is 2.51. The van der Waals surface area contributed by atoms with Gasteiger partial charge in [-0.1, -0.05) is 0 Å². The van der Waals surface area contributed by atoms with E-state index in [0.717, 1.165) is 0 Å². The molecule has 1 rings (SSSR count). The Morgan fingerprint density at radius 1 is 1.29 bits per heavy atom. The van der Waals surface area contributed by atoms with Gasteiger partial charge in [-0.3, -0.25) is 4.79 Å². The Balaban J connectivity index is 2.45. The van der Waals surface area contributed by atoms with Crippen molar-refractivity contribution in [2.24, 2.45) is 0 Å². The first-order valence-corrected chi connectivity index (χ1v) is 5.91. The fraction of sp³-hybridized carbons (Fsp3) is 0.833. The molecule has 1 aliphatic carbocycles. The Kier molecular flexibility index (Phi) is 4.14. The molecule has 17 heavy (non-hydrogen) atoms. The van der Waals surface area contributed by atoms with E-state index in [0.29, 0.717) is 19.4 Å². The zero-order valence-corrected chi connectivity index (χ0v) is 11.0. The second kappa shape index (κ2) is 5.04. The lowest BCUT2D eigenvalue weighted by molar-refractivity contribution is -0.126. The van der Waals surface area contributed by atoms with Crippen molar-refractivity contribution in [3.05, 3.63) is 0 Å². The molecule has 0 radical (unpaired) electrons. The summed E-state index contributed by atoms with van der Waals surface area (Å²) in [5, 5.41) is 2.64. The molecule has 0 heterocycles. The number of carbonyl (C=O) groups excluding carboxylic acids is 2. The maximum atomic E-state index is 11.8. The number of carbonyl (C=O) groups is 2. The molecule has 0 aromatic heterocycles. The molecule has 1 amide bonds. The second-order valence-electron chi connectivity index (χ2n) is 5.27. The molecule has 0 aromatic carbocycles. The molecule has 1 N–H and O–H groups in total. The highest BCUT2D eigenvalue weighted by Crippen LogP contribution is 2.36. The third-order valence-electron chi connectivity index (χ3n) is 2.46. The molecule has 0 saturated heterocycles. The van der Waals surface area contributed by atoms with Gasteiger partial charge in [0.25, 0.3) is 0 Å². The topological polar surface area (TPSA) is 64.6 Å². The van der Waals surface area contributed by atoms with Gasteiger partial charge in [-0.15, -0.1) is 0 Å². The van der Waals surface area contributed by atoms with Crippen LogP contribution in [0.1, 0.15) is 40.5 Å². The van der Waals surface area contributed by atoms with Gasteiger partial charge in [0.1, 0.15) is 17.7 Å². The van der Waals surface area contributed by atoms with Crippen molar-refractivity contribution in [2.75, 3.05) is 13.2 Å². The molecule has 1 fully saturated rings. The number of alkyl carbamates (subject to hydrolysis) is 1. The second-order valence-corrected chi connectivity index (χ2v) is 5.27. The monoisotopic (exact) mass is 243 g/mol. The first kappa shape index (κ1) is 14.0. The summed E-state index contributed by atoms with van der Waals surface area (Å²) in [6.07, 6.45) is 0.788. The van der Waals surface area contributed by atoms with Crippen molar-refractivity contribution in [1.82, 2.24) is 5.32 Å². The van der Waals surface area contributed by atoms with Gasteiger partial charge in [0.05, 0.1) is 0 Å². The van der Waals surface area contributed by atoms with Gasteiger partial charge in [-0.2, -0.15) is 0 Å². The van der Waals surface area contributed by atoms with Gasteiger partial charge in [-0.05, 0) is 40.5 Å². The lowest BCUT2D eigenvalue weighted by atomic mass is 10.1. The van der Waals surface area contributed by atoms with Crippen LogP contribution in [0.5, 0.6) is 0 Å². The summed E-state index contributed by atoms with van der Waals surface area (Å²) in [6.45, 7) is 7.73. The average molecular weight is 243 g/mol. The Labute approximate surface area is 102 Å². The number of hydrogen-bond acceptors (Lipinski definition) is 4. The van der Waals surface area contributed by atoms with E-state index < -0.39 is 17.2 Å². The molecular weight excluding hydrogens is 222 g/mol.